The molecule has 0 radical (unpaired) electrons. The van der Waals surface area contributed by atoms with E-state index in [1.54, 1.807) is 18.2 Å². The fourth-order valence-electron chi connectivity index (χ4n) is 3.57. The summed E-state index contributed by atoms with van der Waals surface area (Å²) in [5.74, 6) is -2.47. The van der Waals surface area contributed by atoms with Gasteiger partial charge in [-0.15, -0.1) is 0 Å². The molecule has 1 aliphatic heterocycles. The number of benzene rings is 3. The lowest BCUT2D eigenvalue weighted by Gasteiger charge is -2.26. The Morgan fingerprint density at radius 1 is 0.974 bits per heavy atom. The van der Waals surface area contributed by atoms with Crippen LogP contribution in [0.1, 0.15) is 15.9 Å². The summed E-state index contributed by atoms with van der Waals surface area (Å²) in [4.78, 5) is 50.7. The fourth-order valence-corrected chi connectivity index (χ4v) is 5.43. The van der Waals surface area contributed by atoms with Crippen molar-refractivity contribution in [2.75, 3.05) is 19.1 Å². The number of nitrogens with one attached hydrogen (secondary N) is 1. The maximum atomic E-state index is 13.2. The Labute approximate surface area is 236 Å². The van der Waals surface area contributed by atoms with Crippen LogP contribution in [0.2, 0.25) is 0 Å². The highest BCUT2D eigenvalue weighted by atomic mass is 127. The number of hydrogen-bond donors (Lipinski definition) is 1. The Morgan fingerprint density at radius 2 is 1.64 bits per heavy atom. The summed E-state index contributed by atoms with van der Waals surface area (Å²) in [6, 6.07) is 14.9. The zero-order valence-corrected chi connectivity index (χ0v) is 23.3. The third-order valence-electron chi connectivity index (χ3n) is 5.44. The van der Waals surface area contributed by atoms with E-state index in [9.17, 15) is 27.6 Å². The SMILES string of the molecule is COC(=O)c1ccc(N2C(=O)NC(=O)/C(=C\c3cc(I)c(OS(=O)(=O)c4ccccc4)c(OC)c3)C2=O)cc1. The highest BCUT2D eigenvalue weighted by molar-refractivity contribution is 14.1. The van der Waals surface area contributed by atoms with Crippen LogP contribution in [0.25, 0.3) is 6.08 Å². The van der Waals surface area contributed by atoms with Crippen molar-refractivity contribution >= 4 is 68.3 Å². The Balaban J connectivity index is 1.68. The van der Waals surface area contributed by atoms with Gasteiger partial charge < -0.3 is 13.7 Å². The molecule has 200 valence electrons. The number of methoxy groups -OCH3 is 2. The summed E-state index contributed by atoms with van der Waals surface area (Å²) in [7, 11) is -1.65. The van der Waals surface area contributed by atoms with E-state index in [0.717, 1.165) is 4.90 Å². The second kappa shape index (κ2) is 11.2. The zero-order valence-electron chi connectivity index (χ0n) is 20.3. The molecule has 13 heteroatoms. The van der Waals surface area contributed by atoms with Crippen LogP contribution >= 0.6 is 22.6 Å². The van der Waals surface area contributed by atoms with Crippen molar-refractivity contribution in [3.8, 4) is 11.5 Å². The maximum Gasteiger partial charge on any atom is 0.339 e. The van der Waals surface area contributed by atoms with Gasteiger partial charge in [-0.25, -0.2) is 14.5 Å². The number of esters is 1. The van der Waals surface area contributed by atoms with Gasteiger partial charge in [0.1, 0.15) is 10.5 Å². The molecule has 4 rings (SSSR count). The van der Waals surface area contributed by atoms with Gasteiger partial charge in [0.15, 0.2) is 11.5 Å². The van der Waals surface area contributed by atoms with E-state index in [2.05, 4.69) is 10.1 Å². The Hall–Kier alpha value is -4.24. The largest absolute Gasteiger partial charge is 0.493 e. The molecular formula is C26H19IN2O9S. The number of urea groups is 1. The maximum absolute atomic E-state index is 13.2. The van der Waals surface area contributed by atoms with Gasteiger partial charge in [0.05, 0.1) is 29.0 Å². The normalized spacial score (nSPS) is 14.7. The Kier molecular flexibility index (Phi) is 8.01. The summed E-state index contributed by atoms with van der Waals surface area (Å²) in [6.45, 7) is 0. The Bertz CT molecular complexity index is 1620. The molecule has 0 spiro atoms. The number of halogens is 1. The molecule has 0 aliphatic carbocycles. The number of rotatable bonds is 7. The van der Waals surface area contributed by atoms with Gasteiger partial charge in [-0.1, -0.05) is 18.2 Å². The highest BCUT2D eigenvalue weighted by Gasteiger charge is 2.37. The number of barbiturate groups is 1. The van der Waals surface area contributed by atoms with Crippen LogP contribution in [0.15, 0.2) is 77.2 Å². The van der Waals surface area contributed by atoms with Crippen molar-refractivity contribution in [1.82, 2.24) is 5.32 Å². The van der Waals surface area contributed by atoms with Gasteiger partial charge in [-0.3, -0.25) is 14.9 Å². The lowest BCUT2D eigenvalue weighted by molar-refractivity contribution is -0.122. The summed E-state index contributed by atoms with van der Waals surface area (Å²) in [5, 5.41) is 2.11. The van der Waals surface area contributed by atoms with Crippen LogP contribution in [-0.2, 0) is 24.4 Å². The predicted octanol–water partition coefficient (Wildman–Crippen LogP) is 3.52. The molecule has 0 atom stereocenters. The minimum absolute atomic E-state index is 0.0308. The molecule has 1 fully saturated rings. The van der Waals surface area contributed by atoms with Crippen molar-refractivity contribution in [2.45, 2.75) is 4.90 Å². The highest BCUT2D eigenvalue weighted by Crippen LogP contribution is 2.37. The molecule has 1 saturated heterocycles. The molecule has 3 aromatic rings. The molecule has 0 unspecified atom stereocenters. The van der Waals surface area contributed by atoms with Gasteiger partial charge in [0.25, 0.3) is 11.8 Å². The van der Waals surface area contributed by atoms with E-state index in [1.165, 1.54) is 68.8 Å². The molecule has 11 nitrogen and oxygen atoms in total. The summed E-state index contributed by atoms with van der Waals surface area (Å²) < 4.78 is 41.1. The minimum atomic E-state index is -4.17. The van der Waals surface area contributed by atoms with Crippen molar-refractivity contribution in [1.29, 1.82) is 0 Å². The van der Waals surface area contributed by atoms with Crippen LogP contribution in [0, 0.1) is 3.57 Å². The molecule has 0 aromatic heterocycles. The first-order valence-corrected chi connectivity index (χ1v) is 13.5. The van der Waals surface area contributed by atoms with E-state index in [4.69, 9.17) is 8.92 Å². The van der Waals surface area contributed by atoms with Crippen LogP contribution in [0.5, 0.6) is 11.5 Å². The monoisotopic (exact) mass is 662 g/mol. The quantitative estimate of drug-likeness (QED) is 0.132. The van der Waals surface area contributed by atoms with Gasteiger partial charge in [-0.05, 0) is 82.8 Å². The first-order valence-electron chi connectivity index (χ1n) is 11.0. The van der Waals surface area contributed by atoms with Crippen molar-refractivity contribution in [3.05, 3.63) is 87.0 Å². The molecular weight excluding hydrogens is 643 g/mol. The van der Waals surface area contributed by atoms with E-state index in [1.807, 2.05) is 22.6 Å². The lowest BCUT2D eigenvalue weighted by Crippen LogP contribution is -2.54. The number of carbonyl (C=O) groups excluding carboxylic acids is 4. The summed E-state index contributed by atoms with van der Waals surface area (Å²) >= 11 is 1.84. The van der Waals surface area contributed by atoms with Crippen LogP contribution < -0.4 is 19.1 Å². The smallest absolute Gasteiger partial charge is 0.339 e. The fraction of sp³-hybridized carbons (Fsp3) is 0.0769. The third-order valence-corrected chi connectivity index (χ3v) is 7.47. The molecule has 1 heterocycles. The third kappa shape index (κ3) is 5.78. The first-order chi connectivity index (χ1) is 18.6. The summed E-state index contributed by atoms with van der Waals surface area (Å²) in [6.07, 6.45) is 1.24. The number of anilines is 1. The molecule has 1 aliphatic rings. The second-order valence-corrected chi connectivity index (χ2v) is 10.6. The molecule has 4 amide bonds. The number of imide groups is 2. The topological polar surface area (TPSA) is 145 Å². The van der Waals surface area contributed by atoms with Crippen LogP contribution in [0.4, 0.5) is 10.5 Å². The van der Waals surface area contributed by atoms with Crippen molar-refractivity contribution < 1.29 is 41.3 Å². The standard InChI is InChI=1S/C26H19IN2O9S/c1-36-21-14-15(13-20(27)22(21)38-39(34,35)18-6-4-3-5-7-18)12-19-23(30)28-26(33)29(24(19)31)17-10-8-16(9-11-17)25(32)37-2/h3-14H,1-2H3,(H,28,30,33)/b19-12+. The van der Waals surface area contributed by atoms with Gasteiger partial charge in [0, 0.05) is 0 Å². The first kappa shape index (κ1) is 27.8. The number of hydrogen-bond acceptors (Lipinski definition) is 9. The summed E-state index contributed by atoms with van der Waals surface area (Å²) in [5.41, 5.74) is 0.256. The lowest BCUT2D eigenvalue weighted by atomic mass is 10.1. The molecule has 3 aromatic carbocycles. The number of nitrogens with zero attached hydrogens (tertiary/aromatic N) is 1. The van der Waals surface area contributed by atoms with E-state index < -0.39 is 33.9 Å². The van der Waals surface area contributed by atoms with E-state index in [-0.39, 0.29) is 33.2 Å². The molecule has 39 heavy (non-hydrogen) atoms. The molecule has 1 N–H and O–H groups in total. The number of amides is 4. The molecule has 0 saturated carbocycles. The van der Waals surface area contributed by atoms with Gasteiger partial charge in [0.2, 0.25) is 0 Å². The van der Waals surface area contributed by atoms with Crippen molar-refractivity contribution in [2.24, 2.45) is 0 Å². The predicted molar refractivity (Wildman–Crippen MR) is 147 cm³/mol. The van der Waals surface area contributed by atoms with E-state index in [0.29, 0.717) is 9.13 Å². The van der Waals surface area contributed by atoms with E-state index >= 15 is 0 Å². The van der Waals surface area contributed by atoms with Crippen LogP contribution in [-0.4, -0.2) is 46.5 Å². The number of ether oxygens (including phenoxy) is 2. The van der Waals surface area contributed by atoms with Gasteiger partial charge in [-0.2, -0.15) is 8.42 Å². The number of carbonyl (C=O) groups is 4. The van der Waals surface area contributed by atoms with Crippen LogP contribution in [0.3, 0.4) is 0 Å². The average Bonchev–Trinajstić information content (AvgIpc) is 2.92. The minimum Gasteiger partial charge on any atom is -0.493 e. The molecule has 0 bridgehead atoms. The zero-order chi connectivity index (χ0) is 28.3. The average molecular weight is 662 g/mol. The second-order valence-electron chi connectivity index (χ2n) is 7.88. The van der Waals surface area contributed by atoms with Gasteiger partial charge >= 0.3 is 22.1 Å². The van der Waals surface area contributed by atoms with Crippen molar-refractivity contribution in [3.63, 3.8) is 0 Å². The Morgan fingerprint density at radius 3 is 2.26 bits per heavy atom.